The molecule has 1 N–H and O–H groups in total. The second-order valence-corrected chi connectivity index (χ2v) is 3.91. The molecule has 74 valence electrons. The average Bonchev–Trinajstić information content (AvgIpc) is 2.12. The van der Waals surface area contributed by atoms with Crippen LogP contribution in [0.1, 0.15) is 33.6 Å². The number of rotatable bonds is 7. The molecule has 0 bridgehead atoms. The summed E-state index contributed by atoms with van der Waals surface area (Å²) in [5.41, 5.74) is 0. The predicted molar refractivity (Wildman–Crippen MR) is 56.8 cm³/mol. The summed E-state index contributed by atoms with van der Waals surface area (Å²) in [5.74, 6) is 2.20. The maximum absolute atomic E-state index is 5.70. The van der Waals surface area contributed by atoms with Crippen molar-refractivity contribution in [1.29, 1.82) is 0 Å². The Bertz CT molecular complexity index is 91.8. The van der Waals surface area contributed by atoms with Gasteiger partial charge in [0.05, 0.1) is 0 Å². The Hall–Kier alpha value is 0.250. The Labute approximate surface area is 81.9 Å². The Morgan fingerprint density at radius 2 is 1.75 bits per heavy atom. The smallest absolute Gasteiger partial charge is 0.0261 e. The lowest BCUT2D eigenvalue weighted by Gasteiger charge is -2.15. The van der Waals surface area contributed by atoms with Crippen LogP contribution in [0.5, 0.6) is 0 Å². The quantitative estimate of drug-likeness (QED) is 0.611. The molecule has 0 fully saturated rings. The molecule has 0 aromatic rings. The van der Waals surface area contributed by atoms with E-state index >= 15 is 0 Å². The summed E-state index contributed by atoms with van der Waals surface area (Å²) < 4.78 is 0. The fraction of sp³-hybridized carbons (Fsp3) is 1.00. The van der Waals surface area contributed by atoms with Gasteiger partial charge in [0, 0.05) is 5.88 Å². The van der Waals surface area contributed by atoms with E-state index in [4.69, 9.17) is 11.6 Å². The average molecular weight is 192 g/mol. The molecule has 12 heavy (non-hydrogen) atoms. The van der Waals surface area contributed by atoms with Crippen LogP contribution in [0.2, 0.25) is 0 Å². The SMILES string of the molecule is CCC(CC)CNCC(C)CCl. The van der Waals surface area contributed by atoms with Gasteiger partial charge in [-0.15, -0.1) is 11.6 Å². The number of alkyl halides is 1. The van der Waals surface area contributed by atoms with E-state index in [1.807, 2.05) is 0 Å². The van der Waals surface area contributed by atoms with E-state index in [1.165, 1.54) is 12.8 Å². The summed E-state index contributed by atoms with van der Waals surface area (Å²) in [5, 5.41) is 3.45. The lowest BCUT2D eigenvalue weighted by atomic mass is 10.0. The van der Waals surface area contributed by atoms with Crippen LogP contribution >= 0.6 is 11.6 Å². The van der Waals surface area contributed by atoms with E-state index in [0.29, 0.717) is 5.92 Å². The van der Waals surface area contributed by atoms with Gasteiger partial charge in [-0.1, -0.05) is 33.6 Å². The summed E-state index contributed by atoms with van der Waals surface area (Å²) in [6, 6.07) is 0. The van der Waals surface area contributed by atoms with E-state index in [1.54, 1.807) is 0 Å². The molecule has 0 heterocycles. The van der Waals surface area contributed by atoms with Crippen molar-refractivity contribution in [2.24, 2.45) is 11.8 Å². The summed E-state index contributed by atoms with van der Waals surface area (Å²) in [6.07, 6.45) is 2.55. The molecule has 1 atom stereocenters. The Balaban J connectivity index is 3.28. The minimum atomic E-state index is 0.598. The van der Waals surface area contributed by atoms with Crippen LogP contribution in [0.15, 0.2) is 0 Å². The molecule has 2 heteroatoms. The third kappa shape index (κ3) is 5.84. The molecule has 0 aromatic heterocycles. The van der Waals surface area contributed by atoms with Crippen LogP contribution < -0.4 is 5.32 Å². The van der Waals surface area contributed by atoms with Gasteiger partial charge in [0.1, 0.15) is 0 Å². The first-order valence-corrected chi connectivity index (χ1v) is 5.54. The van der Waals surface area contributed by atoms with E-state index in [2.05, 4.69) is 26.1 Å². The summed E-state index contributed by atoms with van der Waals surface area (Å²) in [7, 11) is 0. The first-order valence-electron chi connectivity index (χ1n) is 5.01. The van der Waals surface area contributed by atoms with Gasteiger partial charge < -0.3 is 5.32 Å². The van der Waals surface area contributed by atoms with Crippen molar-refractivity contribution >= 4 is 11.6 Å². The zero-order valence-electron chi connectivity index (χ0n) is 8.57. The third-order valence-corrected chi connectivity index (χ3v) is 2.87. The fourth-order valence-electron chi connectivity index (χ4n) is 1.17. The topological polar surface area (TPSA) is 12.0 Å². The van der Waals surface area contributed by atoms with Gasteiger partial charge in [-0.25, -0.2) is 0 Å². The molecule has 0 saturated carbocycles. The van der Waals surface area contributed by atoms with Crippen LogP contribution in [0, 0.1) is 11.8 Å². The number of halogens is 1. The Morgan fingerprint density at radius 3 is 2.17 bits per heavy atom. The normalized spacial score (nSPS) is 13.8. The molecule has 0 aliphatic carbocycles. The molecular weight excluding hydrogens is 170 g/mol. The highest BCUT2D eigenvalue weighted by molar-refractivity contribution is 6.18. The van der Waals surface area contributed by atoms with Gasteiger partial charge in [0.2, 0.25) is 0 Å². The third-order valence-electron chi connectivity index (χ3n) is 2.34. The molecule has 0 radical (unpaired) electrons. The van der Waals surface area contributed by atoms with Gasteiger partial charge in [0.25, 0.3) is 0 Å². The molecule has 0 aromatic carbocycles. The Kier molecular flexibility index (Phi) is 8.04. The van der Waals surface area contributed by atoms with Gasteiger partial charge in [0.15, 0.2) is 0 Å². The minimum absolute atomic E-state index is 0.598. The van der Waals surface area contributed by atoms with E-state index in [0.717, 1.165) is 24.9 Å². The monoisotopic (exact) mass is 191 g/mol. The second-order valence-electron chi connectivity index (χ2n) is 3.60. The van der Waals surface area contributed by atoms with Crippen molar-refractivity contribution in [3.63, 3.8) is 0 Å². The van der Waals surface area contributed by atoms with Crippen molar-refractivity contribution in [3.8, 4) is 0 Å². The Morgan fingerprint density at radius 1 is 1.17 bits per heavy atom. The second kappa shape index (κ2) is 7.88. The van der Waals surface area contributed by atoms with Crippen LogP contribution in [-0.2, 0) is 0 Å². The number of hydrogen-bond acceptors (Lipinski definition) is 1. The predicted octanol–water partition coefficient (Wildman–Crippen LogP) is 2.89. The molecule has 0 amide bonds. The molecule has 1 unspecified atom stereocenters. The van der Waals surface area contributed by atoms with Gasteiger partial charge in [-0.2, -0.15) is 0 Å². The molecule has 0 spiro atoms. The van der Waals surface area contributed by atoms with E-state index < -0.39 is 0 Å². The van der Waals surface area contributed by atoms with Crippen molar-refractivity contribution in [2.75, 3.05) is 19.0 Å². The first-order chi connectivity index (χ1) is 5.74. The highest BCUT2D eigenvalue weighted by Gasteiger charge is 2.03. The molecule has 1 nitrogen and oxygen atoms in total. The van der Waals surface area contributed by atoms with Crippen molar-refractivity contribution < 1.29 is 0 Å². The first kappa shape index (κ1) is 12.2. The molecule has 0 aliphatic heterocycles. The molecular formula is C10H22ClN. The van der Waals surface area contributed by atoms with Crippen molar-refractivity contribution in [1.82, 2.24) is 5.32 Å². The van der Waals surface area contributed by atoms with Gasteiger partial charge >= 0.3 is 0 Å². The zero-order valence-corrected chi connectivity index (χ0v) is 9.32. The maximum atomic E-state index is 5.70. The molecule has 0 rings (SSSR count). The number of nitrogens with one attached hydrogen (secondary N) is 1. The summed E-state index contributed by atoms with van der Waals surface area (Å²) >= 11 is 5.70. The lowest BCUT2D eigenvalue weighted by Crippen LogP contribution is -2.27. The molecule has 0 aliphatic rings. The highest BCUT2D eigenvalue weighted by Crippen LogP contribution is 2.05. The van der Waals surface area contributed by atoms with Crippen molar-refractivity contribution in [2.45, 2.75) is 33.6 Å². The van der Waals surface area contributed by atoms with Crippen molar-refractivity contribution in [3.05, 3.63) is 0 Å². The minimum Gasteiger partial charge on any atom is -0.316 e. The standard InChI is InChI=1S/C10H22ClN/c1-4-10(5-2)8-12-7-9(3)6-11/h9-10,12H,4-8H2,1-3H3. The van der Waals surface area contributed by atoms with Crippen LogP contribution in [0.3, 0.4) is 0 Å². The van der Waals surface area contributed by atoms with E-state index in [9.17, 15) is 0 Å². The largest absolute Gasteiger partial charge is 0.316 e. The van der Waals surface area contributed by atoms with E-state index in [-0.39, 0.29) is 0 Å². The lowest BCUT2D eigenvalue weighted by molar-refractivity contribution is 0.431. The number of hydrogen-bond donors (Lipinski definition) is 1. The highest BCUT2D eigenvalue weighted by atomic mass is 35.5. The molecule has 0 saturated heterocycles. The van der Waals surface area contributed by atoms with Gasteiger partial charge in [-0.3, -0.25) is 0 Å². The van der Waals surface area contributed by atoms with Gasteiger partial charge in [-0.05, 0) is 24.9 Å². The zero-order chi connectivity index (χ0) is 9.40. The van der Waals surface area contributed by atoms with Crippen LogP contribution in [0.4, 0.5) is 0 Å². The summed E-state index contributed by atoms with van der Waals surface area (Å²) in [6.45, 7) is 8.88. The summed E-state index contributed by atoms with van der Waals surface area (Å²) in [4.78, 5) is 0. The maximum Gasteiger partial charge on any atom is 0.0261 e. The fourth-order valence-corrected chi connectivity index (χ4v) is 1.27. The van der Waals surface area contributed by atoms with Crippen LogP contribution in [-0.4, -0.2) is 19.0 Å². The van der Waals surface area contributed by atoms with Crippen LogP contribution in [0.25, 0.3) is 0 Å².